The lowest BCUT2D eigenvalue weighted by molar-refractivity contribution is -0.412. The highest BCUT2D eigenvalue weighted by molar-refractivity contribution is 5.01. The van der Waals surface area contributed by atoms with Gasteiger partial charge in [0.1, 0.15) is 0 Å². The molecule has 7 nitrogen and oxygen atoms in total. The number of aliphatic hydroxyl groups is 4. The van der Waals surface area contributed by atoms with Crippen LogP contribution < -0.4 is 0 Å². The normalized spacial score (nSPS) is 33.6. The summed E-state index contributed by atoms with van der Waals surface area (Å²) in [5.74, 6) is -6.74. The van der Waals surface area contributed by atoms with Crippen LogP contribution in [0.25, 0.3) is 0 Å². The van der Waals surface area contributed by atoms with Crippen molar-refractivity contribution < 1.29 is 34.6 Å². The van der Waals surface area contributed by atoms with E-state index in [2.05, 4.69) is 19.7 Å². The fraction of sp³-hybridized carbons (Fsp3) is 0.700. The van der Waals surface area contributed by atoms with Gasteiger partial charge in [0.25, 0.3) is 0 Å². The third-order valence-electron chi connectivity index (χ3n) is 4.61. The van der Waals surface area contributed by atoms with E-state index in [1.54, 1.807) is 18.2 Å². The molecule has 1 fully saturated rings. The van der Waals surface area contributed by atoms with Gasteiger partial charge in [-0.1, -0.05) is 18.2 Å². The Morgan fingerprint density at radius 1 is 0.778 bits per heavy atom. The lowest BCUT2D eigenvalue weighted by Crippen LogP contribution is -2.66. The molecule has 0 spiro atoms. The van der Waals surface area contributed by atoms with E-state index >= 15 is 0 Å². The summed E-state index contributed by atoms with van der Waals surface area (Å²) in [6, 6.07) is 0. The fourth-order valence-corrected chi connectivity index (χ4v) is 3.41. The molecule has 0 aliphatic heterocycles. The molecule has 0 aromatic carbocycles. The van der Waals surface area contributed by atoms with Crippen LogP contribution in [0.5, 0.6) is 0 Å². The van der Waals surface area contributed by atoms with Crippen molar-refractivity contribution in [2.45, 2.75) is 55.9 Å². The molecule has 1 rings (SSSR count). The summed E-state index contributed by atoms with van der Waals surface area (Å²) in [5.41, 5.74) is 0. The molecule has 0 heterocycles. The smallest absolute Gasteiger partial charge is 0.178 e. The first kappa shape index (κ1) is 24.0. The van der Waals surface area contributed by atoms with Crippen molar-refractivity contribution in [1.82, 2.24) is 0 Å². The second kappa shape index (κ2) is 11.1. The maximum atomic E-state index is 11.2. The minimum atomic E-state index is -1.95. The first-order valence-corrected chi connectivity index (χ1v) is 9.31. The Kier molecular flexibility index (Phi) is 9.83. The van der Waals surface area contributed by atoms with Crippen LogP contribution in [-0.4, -0.2) is 64.2 Å². The highest BCUT2D eigenvalue weighted by Crippen LogP contribution is 2.49. The first-order chi connectivity index (χ1) is 12.8. The number of hydrogen-bond acceptors (Lipinski definition) is 7. The second-order valence-corrected chi connectivity index (χ2v) is 6.83. The Bertz CT molecular complexity index is 451. The summed E-state index contributed by atoms with van der Waals surface area (Å²) in [6.07, 6.45) is 5.79. The van der Waals surface area contributed by atoms with Crippen molar-refractivity contribution in [3.8, 4) is 0 Å². The van der Waals surface area contributed by atoms with E-state index in [9.17, 15) is 20.4 Å². The molecule has 0 amide bonds. The second-order valence-electron chi connectivity index (χ2n) is 6.83. The topological polar surface area (TPSA) is 109 Å². The summed E-state index contributed by atoms with van der Waals surface area (Å²) in [6.45, 7) is 11.0. The number of rotatable bonds is 14. The number of ether oxygens (including phenoxy) is 3. The van der Waals surface area contributed by atoms with E-state index in [-0.39, 0.29) is 45.7 Å². The van der Waals surface area contributed by atoms with Crippen LogP contribution in [0, 0.1) is 5.92 Å². The molecular weight excluding hydrogens is 352 g/mol. The van der Waals surface area contributed by atoms with Gasteiger partial charge in [-0.3, -0.25) is 0 Å². The molecular formula is C20H34O7. The van der Waals surface area contributed by atoms with E-state index in [1.807, 2.05) is 0 Å². The molecule has 0 aromatic rings. The molecule has 1 saturated carbocycles. The van der Waals surface area contributed by atoms with E-state index in [0.717, 1.165) is 0 Å². The molecule has 0 aromatic heterocycles. The van der Waals surface area contributed by atoms with Crippen molar-refractivity contribution in [3.05, 3.63) is 38.0 Å². The third kappa shape index (κ3) is 6.80. The summed E-state index contributed by atoms with van der Waals surface area (Å²) in [7, 11) is 0. The van der Waals surface area contributed by atoms with Crippen LogP contribution in [0.1, 0.15) is 38.5 Å². The molecule has 27 heavy (non-hydrogen) atoms. The quantitative estimate of drug-likeness (QED) is 0.204. The molecule has 2 atom stereocenters. The van der Waals surface area contributed by atoms with Crippen molar-refractivity contribution in [2.24, 2.45) is 5.92 Å². The lowest BCUT2D eigenvalue weighted by atomic mass is 9.73. The zero-order chi connectivity index (χ0) is 20.4. The molecule has 4 N–H and O–H groups in total. The van der Waals surface area contributed by atoms with Crippen LogP contribution in [0.2, 0.25) is 0 Å². The molecule has 0 radical (unpaired) electrons. The molecule has 156 valence electrons. The number of hydrogen-bond donors (Lipinski definition) is 4. The summed E-state index contributed by atoms with van der Waals surface area (Å²) >= 11 is 0. The van der Waals surface area contributed by atoms with Crippen LogP contribution in [0.3, 0.4) is 0 Å². The van der Waals surface area contributed by atoms with Crippen LogP contribution >= 0.6 is 0 Å². The van der Waals surface area contributed by atoms with Gasteiger partial charge in [-0.25, -0.2) is 0 Å². The van der Waals surface area contributed by atoms with E-state index < -0.39 is 23.3 Å². The van der Waals surface area contributed by atoms with Gasteiger partial charge >= 0.3 is 0 Å². The van der Waals surface area contributed by atoms with Crippen molar-refractivity contribution in [1.29, 1.82) is 0 Å². The Hall–Kier alpha value is -1.06. The Balaban J connectivity index is 3.14. The Morgan fingerprint density at radius 3 is 1.56 bits per heavy atom. The maximum Gasteiger partial charge on any atom is 0.178 e. The maximum absolute atomic E-state index is 11.2. The molecule has 0 bridgehead atoms. The van der Waals surface area contributed by atoms with E-state index in [4.69, 9.17) is 14.2 Å². The molecule has 2 unspecified atom stereocenters. The highest BCUT2D eigenvalue weighted by atomic mass is 16.7. The molecule has 1 aliphatic carbocycles. The molecule has 0 saturated heterocycles. The predicted octanol–water partition coefficient (Wildman–Crippen LogP) is 1.62. The first-order valence-electron chi connectivity index (χ1n) is 9.31. The van der Waals surface area contributed by atoms with Crippen molar-refractivity contribution in [2.75, 3.05) is 26.4 Å². The summed E-state index contributed by atoms with van der Waals surface area (Å²) in [5, 5.41) is 42.8. The Morgan fingerprint density at radius 2 is 1.19 bits per heavy atom. The van der Waals surface area contributed by atoms with Crippen molar-refractivity contribution >= 4 is 0 Å². The van der Waals surface area contributed by atoms with Crippen LogP contribution in [-0.2, 0) is 14.2 Å². The van der Waals surface area contributed by atoms with Gasteiger partial charge in [-0.05, 0) is 25.7 Å². The van der Waals surface area contributed by atoms with Gasteiger partial charge in [0.2, 0.25) is 0 Å². The molecule has 7 heteroatoms. The van der Waals surface area contributed by atoms with E-state index in [0.29, 0.717) is 19.3 Å². The van der Waals surface area contributed by atoms with Gasteiger partial charge in [0.05, 0.1) is 38.6 Å². The zero-order valence-corrected chi connectivity index (χ0v) is 16.0. The van der Waals surface area contributed by atoms with Gasteiger partial charge in [-0.15, -0.1) is 19.7 Å². The largest absolute Gasteiger partial charge is 0.396 e. The SMILES string of the molecule is C=CCCOC1(O)CC(O)(OCCC=C)C(CCO)C(O)(OCCC=C)C1. The van der Waals surface area contributed by atoms with Gasteiger partial charge in [0, 0.05) is 6.61 Å². The fourth-order valence-electron chi connectivity index (χ4n) is 3.41. The van der Waals surface area contributed by atoms with Gasteiger partial charge in [-0.2, -0.15) is 0 Å². The highest BCUT2D eigenvalue weighted by Gasteiger charge is 2.62. The summed E-state index contributed by atoms with van der Waals surface area (Å²) < 4.78 is 16.8. The van der Waals surface area contributed by atoms with Crippen LogP contribution in [0.4, 0.5) is 0 Å². The summed E-state index contributed by atoms with van der Waals surface area (Å²) in [4.78, 5) is 0. The monoisotopic (exact) mass is 386 g/mol. The van der Waals surface area contributed by atoms with E-state index in [1.165, 1.54) is 0 Å². The van der Waals surface area contributed by atoms with Gasteiger partial charge in [0.15, 0.2) is 17.4 Å². The third-order valence-corrected chi connectivity index (χ3v) is 4.61. The average Bonchev–Trinajstić information content (AvgIpc) is 2.59. The van der Waals surface area contributed by atoms with Crippen molar-refractivity contribution in [3.63, 3.8) is 0 Å². The molecule has 1 aliphatic rings. The minimum Gasteiger partial charge on any atom is -0.396 e. The Labute approximate surface area is 161 Å². The zero-order valence-electron chi connectivity index (χ0n) is 16.0. The standard InChI is InChI=1S/C20H34O7/c1-4-7-12-25-18(22)15-19(23,26-13-8-5-2)17(10-11-21)20(24,16-18)27-14-9-6-3/h4-6,17,21-24H,1-3,7-16H2. The van der Waals surface area contributed by atoms with Crippen LogP contribution in [0.15, 0.2) is 38.0 Å². The number of aliphatic hydroxyl groups excluding tert-OH is 1. The lowest BCUT2D eigenvalue weighted by Gasteiger charge is -2.53. The predicted molar refractivity (Wildman–Crippen MR) is 102 cm³/mol. The minimum absolute atomic E-state index is 0.0257. The average molecular weight is 386 g/mol. The van der Waals surface area contributed by atoms with Gasteiger partial charge < -0.3 is 34.6 Å².